The molecule has 0 saturated heterocycles. The second-order valence-corrected chi connectivity index (χ2v) is 3.42. The van der Waals surface area contributed by atoms with Crippen LogP contribution in [0, 0.1) is 12.5 Å². The molecule has 0 fully saturated rings. The Labute approximate surface area is 81.2 Å². The van der Waals surface area contributed by atoms with Crippen LogP contribution < -0.4 is 5.32 Å². The fraction of sp³-hybridized carbons (Fsp3) is 0.417. The Hall–Kier alpha value is -0.820. The van der Waals surface area contributed by atoms with E-state index in [1.807, 2.05) is 6.07 Å². The quantitative estimate of drug-likeness (QED) is 0.727. The zero-order valence-electron chi connectivity index (χ0n) is 8.46. The average molecular weight is 176 g/mol. The topological polar surface area (TPSA) is 12.0 Å². The van der Waals surface area contributed by atoms with Crippen molar-refractivity contribution in [1.29, 1.82) is 0 Å². The van der Waals surface area contributed by atoms with Crippen LogP contribution in [0.2, 0.25) is 0 Å². The molecule has 0 heterocycles. The van der Waals surface area contributed by atoms with E-state index in [9.17, 15) is 0 Å². The van der Waals surface area contributed by atoms with Crippen molar-refractivity contribution in [3.63, 3.8) is 0 Å². The molecule has 0 aliphatic rings. The molecule has 71 valence electrons. The second-order valence-electron chi connectivity index (χ2n) is 3.42. The summed E-state index contributed by atoms with van der Waals surface area (Å²) in [4.78, 5) is 0. The van der Waals surface area contributed by atoms with E-state index >= 15 is 0 Å². The van der Waals surface area contributed by atoms with Crippen molar-refractivity contribution in [2.24, 2.45) is 5.92 Å². The van der Waals surface area contributed by atoms with Crippen LogP contribution in [0.3, 0.4) is 0 Å². The summed E-state index contributed by atoms with van der Waals surface area (Å²) >= 11 is 0. The van der Waals surface area contributed by atoms with Gasteiger partial charge in [0.25, 0.3) is 0 Å². The first kappa shape index (κ1) is 10.3. The molecule has 1 nitrogen and oxygen atoms in total. The third-order valence-electron chi connectivity index (χ3n) is 2.20. The number of rotatable bonds is 5. The Kier molecular flexibility index (Phi) is 4.55. The highest BCUT2D eigenvalue weighted by atomic mass is 14.8. The van der Waals surface area contributed by atoms with E-state index < -0.39 is 0 Å². The van der Waals surface area contributed by atoms with E-state index in [4.69, 9.17) is 0 Å². The molecule has 0 aromatic heterocycles. The minimum absolute atomic E-state index is 0.656. The van der Waals surface area contributed by atoms with Gasteiger partial charge in [-0.2, -0.15) is 0 Å². The lowest BCUT2D eigenvalue weighted by molar-refractivity contribution is 0.577. The number of hydrogen-bond acceptors (Lipinski definition) is 1. The Balaban J connectivity index is 2.20. The number of hydrogen-bond donors (Lipinski definition) is 1. The molecule has 1 N–H and O–H groups in total. The first-order valence-corrected chi connectivity index (χ1v) is 4.93. The van der Waals surface area contributed by atoms with Gasteiger partial charge in [0.2, 0.25) is 0 Å². The molecule has 1 heteroatoms. The Morgan fingerprint density at radius 2 is 2.00 bits per heavy atom. The van der Waals surface area contributed by atoms with Crippen LogP contribution in [0.5, 0.6) is 0 Å². The SMILES string of the molecule is CCC(C)[CH]NCc1ccccc1. The summed E-state index contributed by atoms with van der Waals surface area (Å²) in [6.45, 7) is 7.53. The van der Waals surface area contributed by atoms with Gasteiger partial charge >= 0.3 is 0 Å². The largest absolute Gasteiger partial charge is 0.308 e. The average Bonchev–Trinajstić information content (AvgIpc) is 2.19. The van der Waals surface area contributed by atoms with E-state index in [0.29, 0.717) is 5.92 Å². The van der Waals surface area contributed by atoms with Gasteiger partial charge in [-0.25, -0.2) is 0 Å². The standard InChI is InChI=1S/C12H18N/c1-3-11(2)9-13-10-12-7-5-4-6-8-12/h4-9,11,13H,3,10H2,1-2H3. The van der Waals surface area contributed by atoms with Crippen LogP contribution in [0.1, 0.15) is 25.8 Å². The lowest BCUT2D eigenvalue weighted by Crippen LogP contribution is -2.14. The molecule has 1 rings (SSSR count). The summed E-state index contributed by atoms with van der Waals surface area (Å²) in [5.74, 6) is 0.656. The van der Waals surface area contributed by atoms with E-state index in [2.05, 4.69) is 50.0 Å². The molecule has 0 saturated carbocycles. The van der Waals surface area contributed by atoms with Crippen LogP contribution in [0.25, 0.3) is 0 Å². The van der Waals surface area contributed by atoms with Crippen LogP contribution in [-0.4, -0.2) is 0 Å². The van der Waals surface area contributed by atoms with E-state index in [1.165, 1.54) is 12.0 Å². The van der Waals surface area contributed by atoms with Crippen molar-refractivity contribution < 1.29 is 0 Å². The summed E-state index contributed by atoms with van der Waals surface area (Å²) in [6.07, 6.45) is 1.20. The maximum atomic E-state index is 3.33. The van der Waals surface area contributed by atoms with Gasteiger partial charge in [-0.1, -0.05) is 50.6 Å². The highest BCUT2D eigenvalue weighted by molar-refractivity contribution is 5.14. The minimum atomic E-state index is 0.656. The molecule has 0 amide bonds. The first-order chi connectivity index (χ1) is 6.33. The van der Waals surface area contributed by atoms with Crippen molar-refractivity contribution in [2.75, 3.05) is 0 Å². The summed E-state index contributed by atoms with van der Waals surface area (Å²) in [5.41, 5.74) is 1.34. The third kappa shape index (κ3) is 4.09. The molecule has 1 aromatic carbocycles. The van der Waals surface area contributed by atoms with Crippen LogP contribution >= 0.6 is 0 Å². The first-order valence-electron chi connectivity index (χ1n) is 4.93. The van der Waals surface area contributed by atoms with Crippen molar-refractivity contribution in [1.82, 2.24) is 5.32 Å². The summed E-state index contributed by atoms with van der Waals surface area (Å²) in [5, 5.41) is 3.33. The van der Waals surface area contributed by atoms with Gasteiger partial charge in [0, 0.05) is 13.1 Å². The Bertz CT molecular complexity index is 218. The smallest absolute Gasteiger partial charge is 0.0252 e. The number of nitrogens with one attached hydrogen (secondary N) is 1. The Morgan fingerprint density at radius 1 is 1.31 bits per heavy atom. The highest BCUT2D eigenvalue weighted by Gasteiger charge is 1.97. The molecule has 1 unspecified atom stereocenters. The lowest BCUT2D eigenvalue weighted by atomic mass is 10.1. The minimum Gasteiger partial charge on any atom is -0.308 e. The van der Waals surface area contributed by atoms with E-state index in [-0.39, 0.29) is 0 Å². The predicted octanol–water partition coefficient (Wildman–Crippen LogP) is 2.98. The van der Waals surface area contributed by atoms with Gasteiger partial charge in [0.15, 0.2) is 0 Å². The molecule has 13 heavy (non-hydrogen) atoms. The molecule has 0 aliphatic carbocycles. The van der Waals surface area contributed by atoms with E-state index in [1.54, 1.807) is 0 Å². The lowest BCUT2D eigenvalue weighted by Gasteiger charge is -2.08. The second kappa shape index (κ2) is 5.76. The van der Waals surface area contributed by atoms with Crippen molar-refractivity contribution in [2.45, 2.75) is 26.8 Å². The van der Waals surface area contributed by atoms with Crippen molar-refractivity contribution in [3.05, 3.63) is 42.4 Å². The maximum Gasteiger partial charge on any atom is 0.0252 e. The van der Waals surface area contributed by atoms with Crippen LogP contribution in [0.15, 0.2) is 30.3 Å². The van der Waals surface area contributed by atoms with E-state index in [0.717, 1.165) is 6.54 Å². The molecular formula is C12H18N. The molecule has 0 aliphatic heterocycles. The Morgan fingerprint density at radius 3 is 2.62 bits per heavy atom. The van der Waals surface area contributed by atoms with Gasteiger partial charge in [0.1, 0.15) is 0 Å². The van der Waals surface area contributed by atoms with Crippen LogP contribution in [0.4, 0.5) is 0 Å². The van der Waals surface area contributed by atoms with Gasteiger partial charge < -0.3 is 5.32 Å². The van der Waals surface area contributed by atoms with Gasteiger partial charge in [-0.15, -0.1) is 0 Å². The summed E-state index contributed by atoms with van der Waals surface area (Å²) in [6, 6.07) is 10.5. The van der Waals surface area contributed by atoms with Crippen molar-refractivity contribution in [3.8, 4) is 0 Å². The zero-order chi connectivity index (χ0) is 9.52. The normalized spacial score (nSPS) is 12.8. The summed E-state index contributed by atoms with van der Waals surface area (Å²) < 4.78 is 0. The molecular weight excluding hydrogens is 158 g/mol. The predicted molar refractivity (Wildman–Crippen MR) is 57.0 cm³/mol. The molecule has 1 atom stereocenters. The monoisotopic (exact) mass is 176 g/mol. The van der Waals surface area contributed by atoms with Gasteiger partial charge in [-0.3, -0.25) is 0 Å². The molecule has 1 radical (unpaired) electrons. The highest BCUT2D eigenvalue weighted by Crippen LogP contribution is 2.03. The zero-order valence-corrected chi connectivity index (χ0v) is 8.46. The molecule has 0 spiro atoms. The molecule has 1 aromatic rings. The van der Waals surface area contributed by atoms with Crippen LogP contribution in [-0.2, 0) is 6.54 Å². The molecule has 0 bridgehead atoms. The van der Waals surface area contributed by atoms with Gasteiger partial charge in [0.05, 0.1) is 0 Å². The van der Waals surface area contributed by atoms with Crippen molar-refractivity contribution >= 4 is 0 Å². The van der Waals surface area contributed by atoms with Gasteiger partial charge in [-0.05, 0) is 11.5 Å². The maximum absolute atomic E-state index is 3.33. The fourth-order valence-electron chi connectivity index (χ4n) is 1.09. The third-order valence-corrected chi connectivity index (χ3v) is 2.20. The fourth-order valence-corrected chi connectivity index (χ4v) is 1.09. The summed E-state index contributed by atoms with van der Waals surface area (Å²) in [7, 11) is 0. The number of benzene rings is 1.